The number of amides is 1. The van der Waals surface area contributed by atoms with Crippen molar-refractivity contribution < 1.29 is 14.7 Å². The second kappa shape index (κ2) is 6.52. The van der Waals surface area contributed by atoms with E-state index in [0.717, 1.165) is 8.66 Å². The summed E-state index contributed by atoms with van der Waals surface area (Å²) < 4.78 is 0.993. The number of carboxylic acid groups (broad SMARTS) is 1. The van der Waals surface area contributed by atoms with Crippen molar-refractivity contribution in [2.75, 3.05) is 0 Å². The van der Waals surface area contributed by atoms with Crippen LogP contribution in [0, 0.1) is 0 Å². The summed E-state index contributed by atoms with van der Waals surface area (Å²) in [5, 5.41) is 11.6. The van der Waals surface area contributed by atoms with Crippen LogP contribution in [0.25, 0.3) is 0 Å². The summed E-state index contributed by atoms with van der Waals surface area (Å²) in [6.07, 6.45) is 0.459. The molecule has 1 rings (SSSR count). The van der Waals surface area contributed by atoms with Gasteiger partial charge >= 0.3 is 5.97 Å². The van der Waals surface area contributed by atoms with Crippen molar-refractivity contribution in [3.8, 4) is 0 Å². The predicted octanol–water partition coefficient (Wildman–Crippen LogP) is 3.37. The Hall–Kier alpha value is -0.880. The molecule has 0 aromatic carbocycles. The number of carboxylic acids is 1. The van der Waals surface area contributed by atoms with Gasteiger partial charge in [0.15, 0.2) is 0 Å². The minimum Gasteiger partial charge on any atom is -0.481 e. The van der Waals surface area contributed by atoms with Gasteiger partial charge in [-0.15, -0.1) is 11.3 Å². The van der Waals surface area contributed by atoms with Gasteiger partial charge in [0.2, 0.25) is 5.91 Å². The predicted molar refractivity (Wildman–Crippen MR) is 79.5 cm³/mol. The standard InChI is InChI=1S/C13H18BrNO3S/c1-8(9-4-5-10(14)19-9)12(18)15-13(2,3)7-6-11(16)17/h4-5,8H,6-7H2,1-3H3,(H,15,18)(H,16,17). The molecule has 0 radical (unpaired) electrons. The maximum Gasteiger partial charge on any atom is 0.303 e. The maximum absolute atomic E-state index is 12.1. The van der Waals surface area contributed by atoms with Crippen LogP contribution in [0.15, 0.2) is 15.9 Å². The molecule has 1 aromatic heterocycles. The van der Waals surface area contributed by atoms with Gasteiger partial charge in [0.25, 0.3) is 0 Å². The first-order valence-electron chi connectivity index (χ1n) is 6.00. The molecule has 0 aliphatic rings. The topological polar surface area (TPSA) is 66.4 Å². The molecule has 0 fully saturated rings. The SMILES string of the molecule is CC(C(=O)NC(C)(C)CCC(=O)O)c1ccc(Br)s1. The number of carbonyl (C=O) groups excluding carboxylic acids is 1. The summed E-state index contributed by atoms with van der Waals surface area (Å²) in [6.45, 7) is 5.52. The normalized spacial score (nSPS) is 13.1. The molecule has 0 saturated heterocycles. The molecule has 19 heavy (non-hydrogen) atoms. The summed E-state index contributed by atoms with van der Waals surface area (Å²) in [4.78, 5) is 23.7. The van der Waals surface area contributed by atoms with Crippen molar-refractivity contribution in [3.05, 3.63) is 20.8 Å². The quantitative estimate of drug-likeness (QED) is 0.828. The van der Waals surface area contributed by atoms with Gasteiger partial charge in [-0.05, 0) is 55.3 Å². The van der Waals surface area contributed by atoms with Gasteiger partial charge in [0, 0.05) is 16.8 Å². The molecule has 106 valence electrons. The summed E-state index contributed by atoms with van der Waals surface area (Å²) in [5.41, 5.74) is -0.516. The molecule has 4 nitrogen and oxygen atoms in total. The van der Waals surface area contributed by atoms with Gasteiger partial charge in [0.1, 0.15) is 0 Å². The van der Waals surface area contributed by atoms with Gasteiger partial charge in [-0.3, -0.25) is 9.59 Å². The minimum atomic E-state index is -0.849. The minimum absolute atomic E-state index is 0.0478. The first-order valence-corrected chi connectivity index (χ1v) is 7.61. The van der Waals surface area contributed by atoms with E-state index in [1.165, 1.54) is 11.3 Å². The van der Waals surface area contributed by atoms with E-state index in [9.17, 15) is 9.59 Å². The highest BCUT2D eigenvalue weighted by molar-refractivity contribution is 9.11. The Labute approximate surface area is 125 Å². The van der Waals surface area contributed by atoms with Crippen LogP contribution in [-0.2, 0) is 9.59 Å². The van der Waals surface area contributed by atoms with Crippen LogP contribution in [-0.4, -0.2) is 22.5 Å². The Bertz CT molecular complexity index is 470. The second-order valence-corrected chi connectivity index (χ2v) is 7.63. The van der Waals surface area contributed by atoms with Crippen molar-refractivity contribution in [2.45, 2.75) is 45.1 Å². The number of thiophene rings is 1. The lowest BCUT2D eigenvalue weighted by atomic mass is 9.97. The highest BCUT2D eigenvalue weighted by Crippen LogP contribution is 2.29. The molecule has 0 aliphatic heterocycles. The van der Waals surface area contributed by atoms with Crippen molar-refractivity contribution in [1.29, 1.82) is 0 Å². The zero-order valence-corrected chi connectivity index (χ0v) is 13.6. The number of nitrogens with one attached hydrogen (secondary N) is 1. The van der Waals surface area contributed by atoms with Crippen LogP contribution in [0.3, 0.4) is 0 Å². The highest BCUT2D eigenvalue weighted by Gasteiger charge is 2.25. The Morgan fingerprint density at radius 1 is 1.47 bits per heavy atom. The van der Waals surface area contributed by atoms with E-state index in [0.29, 0.717) is 6.42 Å². The van der Waals surface area contributed by atoms with Crippen LogP contribution >= 0.6 is 27.3 Å². The fourth-order valence-electron chi connectivity index (χ4n) is 1.61. The highest BCUT2D eigenvalue weighted by atomic mass is 79.9. The van der Waals surface area contributed by atoms with Crippen LogP contribution in [0.4, 0.5) is 0 Å². The molecular formula is C13H18BrNO3S. The molecular weight excluding hydrogens is 330 g/mol. The van der Waals surface area contributed by atoms with Gasteiger partial charge in [-0.25, -0.2) is 0 Å². The fourth-order valence-corrected chi connectivity index (χ4v) is 3.09. The molecule has 2 N–H and O–H groups in total. The Morgan fingerprint density at radius 2 is 2.11 bits per heavy atom. The monoisotopic (exact) mass is 347 g/mol. The third kappa shape index (κ3) is 5.32. The van der Waals surface area contributed by atoms with Gasteiger partial charge in [0.05, 0.1) is 9.70 Å². The lowest BCUT2D eigenvalue weighted by Gasteiger charge is -2.27. The molecule has 0 spiro atoms. The van der Waals surface area contributed by atoms with Crippen LogP contribution in [0.5, 0.6) is 0 Å². The lowest BCUT2D eigenvalue weighted by molar-refractivity contribution is -0.137. The lowest BCUT2D eigenvalue weighted by Crippen LogP contribution is -2.45. The van der Waals surface area contributed by atoms with Crippen LogP contribution in [0.2, 0.25) is 0 Å². The van der Waals surface area contributed by atoms with Crippen molar-refractivity contribution in [2.24, 2.45) is 0 Å². The molecule has 0 aliphatic carbocycles. The average molecular weight is 348 g/mol. The first kappa shape index (κ1) is 16.2. The number of aliphatic carboxylic acids is 1. The Morgan fingerprint density at radius 3 is 2.58 bits per heavy atom. The smallest absolute Gasteiger partial charge is 0.303 e. The Kier molecular flexibility index (Phi) is 5.55. The number of carbonyl (C=O) groups is 2. The summed E-state index contributed by atoms with van der Waals surface area (Å²) in [5.74, 6) is -1.16. The van der Waals surface area contributed by atoms with Crippen molar-refractivity contribution in [1.82, 2.24) is 5.32 Å². The number of halogens is 1. The van der Waals surface area contributed by atoms with E-state index in [1.54, 1.807) is 0 Å². The van der Waals surface area contributed by atoms with Crippen molar-refractivity contribution >= 4 is 39.1 Å². The molecule has 6 heteroatoms. The zero-order chi connectivity index (χ0) is 14.6. The van der Waals surface area contributed by atoms with Gasteiger partial charge < -0.3 is 10.4 Å². The number of hydrogen-bond donors (Lipinski definition) is 2. The maximum atomic E-state index is 12.1. The first-order chi connectivity index (χ1) is 8.71. The largest absolute Gasteiger partial charge is 0.481 e. The third-order valence-corrected chi connectivity index (χ3v) is 4.65. The van der Waals surface area contributed by atoms with E-state index in [4.69, 9.17) is 5.11 Å². The summed E-state index contributed by atoms with van der Waals surface area (Å²) in [6, 6.07) is 3.84. The van der Waals surface area contributed by atoms with E-state index in [2.05, 4.69) is 21.2 Å². The van der Waals surface area contributed by atoms with E-state index in [-0.39, 0.29) is 18.2 Å². The van der Waals surface area contributed by atoms with Crippen LogP contribution in [0.1, 0.15) is 44.4 Å². The summed E-state index contributed by atoms with van der Waals surface area (Å²) >= 11 is 4.90. The molecule has 1 amide bonds. The molecule has 1 unspecified atom stereocenters. The van der Waals surface area contributed by atoms with Crippen molar-refractivity contribution in [3.63, 3.8) is 0 Å². The zero-order valence-electron chi connectivity index (χ0n) is 11.2. The van der Waals surface area contributed by atoms with E-state index in [1.807, 2.05) is 32.9 Å². The second-order valence-electron chi connectivity index (χ2n) is 5.13. The molecule has 1 heterocycles. The molecule has 0 saturated carbocycles. The summed E-state index contributed by atoms with van der Waals surface area (Å²) in [7, 11) is 0. The third-order valence-electron chi connectivity index (χ3n) is 2.84. The number of hydrogen-bond acceptors (Lipinski definition) is 3. The molecule has 1 aromatic rings. The van der Waals surface area contributed by atoms with Gasteiger partial charge in [-0.2, -0.15) is 0 Å². The molecule has 0 bridgehead atoms. The van der Waals surface area contributed by atoms with E-state index >= 15 is 0 Å². The molecule has 1 atom stereocenters. The van der Waals surface area contributed by atoms with Gasteiger partial charge in [-0.1, -0.05) is 0 Å². The van der Waals surface area contributed by atoms with Crippen LogP contribution < -0.4 is 5.32 Å². The Balaban J connectivity index is 2.60. The average Bonchev–Trinajstić information content (AvgIpc) is 2.72. The van der Waals surface area contributed by atoms with E-state index < -0.39 is 11.5 Å². The number of rotatable bonds is 6. The fraction of sp³-hybridized carbons (Fsp3) is 0.538.